The molecule has 2 heterocycles. The van der Waals surface area contributed by atoms with Gasteiger partial charge in [-0.25, -0.2) is 4.98 Å². The van der Waals surface area contributed by atoms with Crippen LogP contribution in [0.25, 0.3) is 0 Å². The SMILES string of the molecule is CCCC(Nc1ccc(N(C)CCO)cn1)c1ccccn1. The smallest absolute Gasteiger partial charge is 0.126 e. The van der Waals surface area contributed by atoms with E-state index in [0.717, 1.165) is 30.0 Å². The van der Waals surface area contributed by atoms with E-state index in [2.05, 4.69) is 22.2 Å². The molecule has 5 nitrogen and oxygen atoms in total. The van der Waals surface area contributed by atoms with Crippen molar-refractivity contribution in [3.63, 3.8) is 0 Å². The lowest BCUT2D eigenvalue weighted by atomic mass is 10.1. The minimum absolute atomic E-state index is 0.134. The highest BCUT2D eigenvalue weighted by Crippen LogP contribution is 2.22. The molecule has 1 atom stereocenters. The second kappa shape index (κ2) is 8.34. The molecule has 2 aromatic heterocycles. The summed E-state index contributed by atoms with van der Waals surface area (Å²) in [6, 6.07) is 10.1. The summed E-state index contributed by atoms with van der Waals surface area (Å²) in [5, 5.41) is 12.4. The van der Waals surface area contributed by atoms with Gasteiger partial charge in [-0.3, -0.25) is 4.98 Å². The van der Waals surface area contributed by atoms with Gasteiger partial charge in [0.25, 0.3) is 0 Å². The number of aliphatic hydroxyl groups excluding tert-OH is 1. The lowest BCUT2D eigenvalue weighted by Gasteiger charge is -2.20. The molecule has 118 valence electrons. The van der Waals surface area contributed by atoms with Crippen molar-refractivity contribution in [2.24, 2.45) is 0 Å². The number of nitrogens with one attached hydrogen (secondary N) is 1. The first-order chi connectivity index (χ1) is 10.7. The minimum Gasteiger partial charge on any atom is -0.395 e. The summed E-state index contributed by atoms with van der Waals surface area (Å²) in [6.07, 6.45) is 5.72. The van der Waals surface area contributed by atoms with Crippen LogP contribution in [0.3, 0.4) is 0 Å². The van der Waals surface area contributed by atoms with Gasteiger partial charge in [-0.1, -0.05) is 19.4 Å². The van der Waals surface area contributed by atoms with Crippen LogP contribution in [-0.2, 0) is 0 Å². The standard InChI is InChI=1S/C17H24N4O/c1-3-6-16(15-7-4-5-10-18-15)20-17-9-8-14(13-19-17)21(2)11-12-22/h4-5,7-10,13,16,22H,3,6,11-12H2,1-2H3,(H,19,20). The van der Waals surface area contributed by atoms with E-state index in [0.29, 0.717) is 6.54 Å². The highest BCUT2D eigenvalue weighted by atomic mass is 16.3. The number of hydrogen-bond donors (Lipinski definition) is 2. The maximum Gasteiger partial charge on any atom is 0.126 e. The maximum atomic E-state index is 8.98. The topological polar surface area (TPSA) is 61.3 Å². The third-order valence-corrected chi connectivity index (χ3v) is 3.57. The quantitative estimate of drug-likeness (QED) is 0.785. The van der Waals surface area contributed by atoms with Crippen molar-refractivity contribution in [3.8, 4) is 0 Å². The Bertz CT molecular complexity index is 544. The molecule has 0 fully saturated rings. The number of aliphatic hydroxyl groups is 1. The molecule has 0 aliphatic heterocycles. The maximum absolute atomic E-state index is 8.98. The molecule has 0 spiro atoms. The zero-order valence-electron chi connectivity index (χ0n) is 13.2. The number of hydrogen-bond acceptors (Lipinski definition) is 5. The number of nitrogens with zero attached hydrogens (tertiary/aromatic N) is 3. The lowest BCUT2D eigenvalue weighted by Crippen LogP contribution is -2.21. The molecular weight excluding hydrogens is 276 g/mol. The molecule has 0 bridgehead atoms. The largest absolute Gasteiger partial charge is 0.395 e. The fraction of sp³-hybridized carbons (Fsp3) is 0.412. The molecule has 0 amide bonds. The second-order valence-corrected chi connectivity index (χ2v) is 5.29. The second-order valence-electron chi connectivity index (χ2n) is 5.29. The Kier molecular flexibility index (Phi) is 6.15. The Labute approximate surface area is 132 Å². The third kappa shape index (κ3) is 4.43. The highest BCUT2D eigenvalue weighted by Gasteiger charge is 2.12. The van der Waals surface area contributed by atoms with Gasteiger partial charge >= 0.3 is 0 Å². The number of likely N-dealkylation sites (N-methyl/N-ethyl adjacent to an activating group) is 1. The van der Waals surface area contributed by atoms with Gasteiger partial charge in [-0.2, -0.15) is 0 Å². The summed E-state index contributed by atoms with van der Waals surface area (Å²) in [5.74, 6) is 0.838. The van der Waals surface area contributed by atoms with Crippen LogP contribution in [0, 0.1) is 0 Å². The molecule has 1 unspecified atom stereocenters. The summed E-state index contributed by atoms with van der Waals surface area (Å²) in [5.41, 5.74) is 2.03. The fourth-order valence-corrected chi connectivity index (χ4v) is 2.32. The first-order valence-electron chi connectivity index (χ1n) is 7.70. The van der Waals surface area contributed by atoms with Gasteiger partial charge < -0.3 is 15.3 Å². The summed E-state index contributed by atoms with van der Waals surface area (Å²) in [6.45, 7) is 2.90. The molecule has 0 aliphatic carbocycles. The summed E-state index contributed by atoms with van der Waals surface area (Å²) in [4.78, 5) is 10.9. The zero-order chi connectivity index (χ0) is 15.8. The highest BCUT2D eigenvalue weighted by molar-refractivity contribution is 5.49. The van der Waals surface area contributed by atoms with E-state index in [-0.39, 0.29) is 12.6 Å². The molecule has 0 saturated carbocycles. The van der Waals surface area contributed by atoms with Crippen molar-refractivity contribution in [2.75, 3.05) is 30.4 Å². The van der Waals surface area contributed by atoms with E-state index >= 15 is 0 Å². The molecule has 22 heavy (non-hydrogen) atoms. The van der Waals surface area contributed by atoms with E-state index in [1.165, 1.54) is 0 Å². The molecule has 2 aromatic rings. The van der Waals surface area contributed by atoms with Crippen LogP contribution in [-0.4, -0.2) is 35.3 Å². The van der Waals surface area contributed by atoms with E-state index < -0.39 is 0 Å². The molecule has 0 aromatic carbocycles. The molecule has 0 radical (unpaired) electrons. The van der Waals surface area contributed by atoms with Gasteiger partial charge in [0.1, 0.15) is 5.82 Å². The van der Waals surface area contributed by atoms with Crippen molar-refractivity contribution in [3.05, 3.63) is 48.4 Å². The predicted octanol–water partition coefficient (Wildman–Crippen LogP) is 2.86. The number of anilines is 2. The van der Waals surface area contributed by atoms with E-state index in [1.54, 1.807) is 0 Å². The molecule has 5 heteroatoms. The third-order valence-electron chi connectivity index (χ3n) is 3.57. The van der Waals surface area contributed by atoms with Crippen molar-refractivity contribution >= 4 is 11.5 Å². The van der Waals surface area contributed by atoms with Gasteiger partial charge in [0, 0.05) is 19.8 Å². The van der Waals surface area contributed by atoms with Gasteiger partial charge in [0.2, 0.25) is 0 Å². The van der Waals surface area contributed by atoms with Crippen LogP contribution in [0.15, 0.2) is 42.7 Å². The van der Waals surface area contributed by atoms with E-state index in [1.807, 2.05) is 54.7 Å². The Hall–Kier alpha value is -2.14. The molecule has 2 rings (SSSR count). The predicted molar refractivity (Wildman–Crippen MR) is 90.1 cm³/mol. The first-order valence-corrected chi connectivity index (χ1v) is 7.70. The van der Waals surface area contributed by atoms with E-state index in [9.17, 15) is 0 Å². The average Bonchev–Trinajstić information content (AvgIpc) is 2.56. The minimum atomic E-state index is 0.134. The van der Waals surface area contributed by atoms with Crippen LogP contribution in [0.4, 0.5) is 11.5 Å². The van der Waals surface area contributed by atoms with Crippen LogP contribution in [0.5, 0.6) is 0 Å². The van der Waals surface area contributed by atoms with Gasteiger partial charge in [-0.15, -0.1) is 0 Å². The van der Waals surface area contributed by atoms with Crippen molar-refractivity contribution in [1.29, 1.82) is 0 Å². The van der Waals surface area contributed by atoms with Gasteiger partial charge in [-0.05, 0) is 30.7 Å². The molecule has 0 aliphatic rings. The summed E-state index contributed by atoms with van der Waals surface area (Å²) < 4.78 is 0. The van der Waals surface area contributed by atoms with Gasteiger partial charge in [0.05, 0.1) is 30.2 Å². The Balaban J connectivity index is 2.07. The Morgan fingerprint density at radius 3 is 2.68 bits per heavy atom. The normalized spacial score (nSPS) is 12.0. The monoisotopic (exact) mass is 300 g/mol. The van der Waals surface area contributed by atoms with Crippen LogP contribution >= 0.6 is 0 Å². The molecule has 0 saturated heterocycles. The molecule has 2 N–H and O–H groups in total. The Morgan fingerprint density at radius 2 is 2.09 bits per heavy atom. The van der Waals surface area contributed by atoms with Gasteiger partial charge in [0.15, 0.2) is 0 Å². The summed E-state index contributed by atoms with van der Waals surface area (Å²) in [7, 11) is 1.94. The van der Waals surface area contributed by atoms with Crippen molar-refractivity contribution in [1.82, 2.24) is 9.97 Å². The van der Waals surface area contributed by atoms with Crippen LogP contribution < -0.4 is 10.2 Å². The fourth-order valence-electron chi connectivity index (χ4n) is 2.32. The Morgan fingerprint density at radius 1 is 1.23 bits per heavy atom. The van der Waals surface area contributed by atoms with Crippen LogP contribution in [0.2, 0.25) is 0 Å². The lowest BCUT2D eigenvalue weighted by molar-refractivity contribution is 0.304. The average molecular weight is 300 g/mol. The zero-order valence-corrected chi connectivity index (χ0v) is 13.2. The number of aromatic nitrogens is 2. The van der Waals surface area contributed by atoms with Crippen LogP contribution in [0.1, 0.15) is 31.5 Å². The number of rotatable bonds is 8. The first kappa shape index (κ1) is 16.2. The molecular formula is C17H24N4O. The van der Waals surface area contributed by atoms with Crippen molar-refractivity contribution < 1.29 is 5.11 Å². The van der Waals surface area contributed by atoms with Crippen molar-refractivity contribution in [2.45, 2.75) is 25.8 Å². The van der Waals surface area contributed by atoms with E-state index in [4.69, 9.17) is 5.11 Å². The summed E-state index contributed by atoms with van der Waals surface area (Å²) >= 11 is 0. The number of pyridine rings is 2.